The largest absolute Gasteiger partial charge is 0.444 e. The van der Waals surface area contributed by atoms with E-state index in [1.807, 2.05) is 36.9 Å². The molecule has 1 aliphatic rings. The molecule has 88 valence electrons. The van der Waals surface area contributed by atoms with E-state index in [-0.39, 0.29) is 12.2 Å². The maximum Gasteiger partial charge on any atom is 0.414 e. The van der Waals surface area contributed by atoms with Crippen molar-refractivity contribution in [3.63, 3.8) is 0 Å². The highest BCUT2D eigenvalue weighted by atomic mass is 16.6. The zero-order valence-electron chi connectivity index (χ0n) is 9.75. The second-order valence-corrected chi connectivity index (χ2v) is 4.32. The average Bonchev–Trinajstić information content (AvgIpc) is 2.82. The summed E-state index contributed by atoms with van der Waals surface area (Å²) in [5.41, 5.74) is 1.91. The lowest BCUT2D eigenvalue weighted by Crippen LogP contribution is -2.23. The predicted molar refractivity (Wildman–Crippen MR) is 64.0 cm³/mol. The van der Waals surface area contributed by atoms with E-state index in [4.69, 9.17) is 4.74 Å². The third-order valence-corrected chi connectivity index (χ3v) is 3.00. The molecule has 5 nitrogen and oxygen atoms in total. The van der Waals surface area contributed by atoms with Gasteiger partial charge in [0.1, 0.15) is 6.10 Å². The summed E-state index contributed by atoms with van der Waals surface area (Å²) in [5.74, 6) is 0. The molecule has 0 N–H and O–H groups in total. The fraction of sp³-hybridized carbons (Fsp3) is 0.333. The van der Waals surface area contributed by atoms with Crippen LogP contribution in [0.4, 0.5) is 10.5 Å². The van der Waals surface area contributed by atoms with Crippen LogP contribution < -0.4 is 4.90 Å². The molecule has 1 aromatic heterocycles. The van der Waals surface area contributed by atoms with E-state index in [1.54, 1.807) is 11.1 Å². The molecule has 1 saturated heterocycles. The first kappa shape index (κ1) is 10.1. The fourth-order valence-corrected chi connectivity index (χ4v) is 2.13. The smallest absolute Gasteiger partial charge is 0.414 e. The highest BCUT2D eigenvalue weighted by Crippen LogP contribution is 2.25. The van der Waals surface area contributed by atoms with Crippen LogP contribution in [0, 0.1) is 0 Å². The van der Waals surface area contributed by atoms with E-state index in [1.165, 1.54) is 0 Å². The Hall–Kier alpha value is -2.04. The average molecular weight is 231 g/mol. The minimum atomic E-state index is -0.277. The Morgan fingerprint density at radius 1 is 1.47 bits per heavy atom. The van der Waals surface area contributed by atoms with Crippen molar-refractivity contribution >= 4 is 22.7 Å². The summed E-state index contributed by atoms with van der Waals surface area (Å²) in [7, 11) is 1.90. The van der Waals surface area contributed by atoms with E-state index in [0.717, 1.165) is 16.6 Å². The van der Waals surface area contributed by atoms with Crippen LogP contribution >= 0.6 is 0 Å². The minimum absolute atomic E-state index is 0.0490. The number of aromatic nitrogens is 2. The molecule has 1 aliphatic heterocycles. The Morgan fingerprint density at radius 2 is 2.29 bits per heavy atom. The molecule has 0 radical (unpaired) electrons. The summed E-state index contributed by atoms with van der Waals surface area (Å²) >= 11 is 0. The second kappa shape index (κ2) is 3.48. The third-order valence-electron chi connectivity index (χ3n) is 3.00. The summed E-state index contributed by atoms with van der Waals surface area (Å²) in [6.07, 6.45) is 1.47. The fourth-order valence-electron chi connectivity index (χ4n) is 2.13. The van der Waals surface area contributed by atoms with Gasteiger partial charge in [-0.05, 0) is 25.1 Å². The number of hydrogen-bond donors (Lipinski definition) is 0. The van der Waals surface area contributed by atoms with Gasteiger partial charge in [0.2, 0.25) is 0 Å². The van der Waals surface area contributed by atoms with Gasteiger partial charge in [0.05, 0.1) is 18.3 Å². The van der Waals surface area contributed by atoms with Crippen LogP contribution in [-0.4, -0.2) is 28.5 Å². The quantitative estimate of drug-likeness (QED) is 0.753. The Bertz CT molecular complexity index is 590. The topological polar surface area (TPSA) is 47.4 Å². The van der Waals surface area contributed by atoms with Crippen LogP contribution in [0.5, 0.6) is 0 Å². The molecule has 1 amide bonds. The van der Waals surface area contributed by atoms with Gasteiger partial charge in [-0.15, -0.1) is 0 Å². The monoisotopic (exact) mass is 231 g/mol. The number of amides is 1. The maximum absolute atomic E-state index is 11.6. The lowest BCUT2D eigenvalue weighted by Gasteiger charge is -2.12. The molecule has 1 aromatic carbocycles. The summed E-state index contributed by atoms with van der Waals surface area (Å²) < 4.78 is 6.92. The first-order chi connectivity index (χ1) is 8.15. The van der Waals surface area contributed by atoms with Gasteiger partial charge in [-0.2, -0.15) is 5.10 Å². The standard InChI is InChI=1S/C12H13N3O2/c1-8-7-15(12(16)17-8)10-3-4-11-9(5-10)6-13-14(11)2/h3-6,8H,7H2,1-2H3. The van der Waals surface area contributed by atoms with E-state index >= 15 is 0 Å². The molecule has 1 atom stereocenters. The van der Waals surface area contributed by atoms with Crippen molar-refractivity contribution < 1.29 is 9.53 Å². The molecule has 2 heterocycles. The number of carbonyl (C=O) groups excluding carboxylic acids is 1. The molecule has 5 heteroatoms. The van der Waals surface area contributed by atoms with Gasteiger partial charge in [-0.3, -0.25) is 9.58 Å². The van der Waals surface area contributed by atoms with Gasteiger partial charge < -0.3 is 4.74 Å². The summed E-state index contributed by atoms with van der Waals surface area (Å²) in [5, 5.41) is 5.20. The number of hydrogen-bond acceptors (Lipinski definition) is 3. The van der Waals surface area contributed by atoms with Gasteiger partial charge in [-0.25, -0.2) is 4.79 Å². The van der Waals surface area contributed by atoms with Gasteiger partial charge in [-0.1, -0.05) is 0 Å². The van der Waals surface area contributed by atoms with Crippen LogP contribution in [0.3, 0.4) is 0 Å². The Labute approximate surface area is 98.6 Å². The summed E-state index contributed by atoms with van der Waals surface area (Å²) in [6.45, 7) is 2.49. The zero-order valence-corrected chi connectivity index (χ0v) is 9.75. The SMILES string of the molecule is CC1CN(c2ccc3c(cnn3C)c2)C(=O)O1. The van der Waals surface area contributed by atoms with Crippen LogP contribution in [-0.2, 0) is 11.8 Å². The molecule has 17 heavy (non-hydrogen) atoms. The molecular weight excluding hydrogens is 218 g/mol. The number of aryl methyl sites for hydroxylation is 1. The molecule has 0 aliphatic carbocycles. The van der Waals surface area contributed by atoms with Crippen LogP contribution in [0.25, 0.3) is 10.9 Å². The minimum Gasteiger partial charge on any atom is -0.444 e. The number of fused-ring (bicyclic) bond motifs is 1. The van der Waals surface area contributed by atoms with E-state index in [2.05, 4.69) is 5.10 Å². The Kier molecular flexibility index (Phi) is 2.07. The number of nitrogens with zero attached hydrogens (tertiary/aromatic N) is 3. The summed E-state index contributed by atoms with van der Waals surface area (Å²) in [6, 6.07) is 5.85. The number of anilines is 1. The highest BCUT2D eigenvalue weighted by molar-refractivity contribution is 5.93. The molecule has 0 saturated carbocycles. The highest BCUT2D eigenvalue weighted by Gasteiger charge is 2.29. The molecule has 0 bridgehead atoms. The van der Waals surface area contributed by atoms with Gasteiger partial charge >= 0.3 is 6.09 Å². The Morgan fingerprint density at radius 3 is 3.00 bits per heavy atom. The van der Waals surface area contributed by atoms with Crippen molar-refractivity contribution in [2.24, 2.45) is 7.05 Å². The molecular formula is C12H13N3O2. The zero-order chi connectivity index (χ0) is 12.0. The normalized spacial score (nSPS) is 20.0. The third kappa shape index (κ3) is 1.54. The van der Waals surface area contributed by atoms with Crippen LogP contribution in [0.15, 0.2) is 24.4 Å². The van der Waals surface area contributed by atoms with E-state index < -0.39 is 0 Å². The van der Waals surface area contributed by atoms with Gasteiger partial charge in [0.15, 0.2) is 0 Å². The van der Waals surface area contributed by atoms with Gasteiger partial charge in [0.25, 0.3) is 0 Å². The predicted octanol–water partition coefficient (Wildman–Crippen LogP) is 1.92. The van der Waals surface area contributed by atoms with Crippen molar-refractivity contribution in [1.29, 1.82) is 0 Å². The molecule has 1 unspecified atom stereocenters. The molecule has 3 rings (SSSR count). The molecule has 2 aromatic rings. The van der Waals surface area contributed by atoms with Gasteiger partial charge in [0, 0.05) is 18.1 Å². The van der Waals surface area contributed by atoms with Crippen molar-refractivity contribution in [1.82, 2.24) is 9.78 Å². The van der Waals surface area contributed by atoms with Crippen molar-refractivity contribution in [2.45, 2.75) is 13.0 Å². The lowest BCUT2D eigenvalue weighted by molar-refractivity contribution is 0.150. The maximum atomic E-state index is 11.6. The summed E-state index contributed by atoms with van der Waals surface area (Å²) in [4.78, 5) is 13.3. The number of cyclic esters (lactones) is 1. The first-order valence-corrected chi connectivity index (χ1v) is 5.55. The van der Waals surface area contributed by atoms with E-state index in [0.29, 0.717) is 6.54 Å². The van der Waals surface area contributed by atoms with Crippen LogP contribution in [0.1, 0.15) is 6.92 Å². The van der Waals surface area contributed by atoms with Crippen molar-refractivity contribution in [2.75, 3.05) is 11.4 Å². The molecule has 0 spiro atoms. The van der Waals surface area contributed by atoms with Crippen molar-refractivity contribution in [3.05, 3.63) is 24.4 Å². The number of ether oxygens (including phenoxy) is 1. The number of carbonyl (C=O) groups is 1. The Balaban J connectivity index is 2.03. The van der Waals surface area contributed by atoms with Crippen LogP contribution in [0.2, 0.25) is 0 Å². The second-order valence-electron chi connectivity index (χ2n) is 4.32. The van der Waals surface area contributed by atoms with Crippen molar-refractivity contribution in [3.8, 4) is 0 Å². The lowest BCUT2D eigenvalue weighted by atomic mass is 10.2. The van der Waals surface area contributed by atoms with E-state index in [9.17, 15) is 4.79 Å². The number of benzene rings is 1. The first-order valence-electron chi connectivity index (χ1n) is 5.55. The number of rotatable bonds is 1. The molecule has 1 fully saturated rings.